The first-order valence-corrected chi connectivity index (χ1v) is 11.5. The number of carbonyl (C=O) groups is 1. The first-order valence-electron chi connectivity index (χ1n) is 11.5. The van der Waals surface area contributed by atoms with E-state index >= 15 is 0 Å². The van der Waals surface area contributed by atoms with Gasteiger partial charge in [-0.2, -0.15) is 0 Å². The van der Waals surface area contributed by atoms with E-state index in [1.54, 1.807) is 0 Å². The summed E-state index contributed by atoms with van der Waals surface area (Å²) in [5.41, 5.74) is 0. The molecule has 0 bridgehead atoms. The Labute approximate surface area is 164 Å². The summed E-state index contributed by atoms with van der Waals surface area (Å²) in [5.74, 6) is -0.833. The zero-order chi connectivity index (χ0) is 19.7. The van der Waals surface area contributed by atoms with E-state index in [1.807, 2.05) is 0 Å². The maximum atomic E-state index is 9.00. The van der Waals surface area contributed by atoms with Crippen molar-refractivity contribution >= 4 is 5.97 Å². The molecule has 0 unspecified atom stereocenters. The Hall–Kier alpha value is -0.570. The van der Waals surface area contributed by atoms with Gasteiger partial charge in [-0.25, -0.2) is 0 Å². The molecule has 2 N–H and O–H groups in total. The van der Waals surface area contributed by atoms with E-state index in [0.717, 1.165) is 6.92 Å². The molecular weight excluding hydrogens is 322 g/mol. The lowest BCUT2D eigenvalue weighted by molar-refractivity contribution is -0.134. The summed E-state index contributed by atoms with van der Waals surface area (Å²) in [6, 6.07) is 0. The van der Waals surface area contributed by atoms with Crippen molar-refractivity contribution in [1.82, 2.24) is 5.32 Å². The summed E-state index contributed by atoms with van der Waals surface area (Å²) in [4.78, 5) is 9.00. The molecule has 0 saturated heterocycles. The Morgan fingerprint density at radius 2 is 0.885 bits per heavy atom. The highest BCUT2D eigenvalue weighted by molar-refractivity contribution is 5.62. The van der Waals surface area contributed by atoms with E-state index in [1.165, 1.54) is 122 Å². The van der Waals surface area contributed by atoms with E-state index in [9.17, 15) is 0 Å². The molecule has 0 aromatic carbocycles. The average molecular weight is 372 g/mol. The molecule has 3 heteroatoms. The van der Waals surface area contributed by atoms with Crippen LogP contribution in [0.2, 0.25) is 0 Å². The molecule has 0 atom stereocenters. The molecule has 158 valence electrons. The summed E-state index contributed by atoms with van der Waals surface area (Å²) in [6.45, 7) is 8.04. The zero-order valence-corrected chi connectivity index (χ0v) is 18.3. The van der Waals surface area contributed by atoms with Crippen molar-refractivity contribution in [2.45, 2.75) is 130 Å². The third kappa shape index (κ3) is 34.7. The molecular formula is C23H49NO2. The van der Waals surface area contributed by atoms with E-state index in [4.69, 9.17) is 9.90 Å². The molecule has 0 spiro atoms. The molecule has 3 nitrogen and oxygen atoms in total. The van der Waals surface area contributed by atoms with Gasteiger partial charge in [0.25, 0.3) is 5.97 Å². The summed E-state index contributed by atoms with van der Waals surface area (Å²) in [7, 11) is 0. The van der Waals surface area contributed by atoms with Crippen LogP contribution in [0, 0.1) is 0 Å². The molecule has 0 amide bonds. The highest BCUT2D eigenvalue weighted by Crippen LogP contribution is 2.13. The van der Waals surface area contributed by atoms with Gasteiger partial charge in [-0.15, -0.1) is 0 Å². The van der Waals surface area contributed by atoms with Crippen LogP contribution in [0.4, 0.5) is 0 Å². The van der Waals surface area contributed by atoms with Crippen molar-refractivity contribution in [3.05, 3.63) is 0 Å². The van der Waals surface area contributed by atoms with Crippen molar-refractivity contribution in [1.29, 1.82) is 0 Å². The predicted molar refractivity (Wildman–Crippen MR) is 116 cm³/mol. The SMILES string of the molecule is CC(=O)O.CCCCCCCCCCCCCCCCCCNCCC. The van der Waals surface area contributed by atoms with Crippen LogP contribution in [0.3, 0.4) is 0 Å². The minimum absolute atomic E-state index is 0.833. The normalized spacial score (nSPS) is 10.4. The van der Waals surface area contributed by atoms with Gasteiger partial charge < -0.3 is 10.4 Å². The van der Waals surface area contributed by atoms with Crippen LogP contribution in [-0.2, 0) is 4.79 Å². The molecule has 0 aliphatic carbocycles. The molecule has 0 rings (SSSR count). The minimum Gasteiger partial charge on any atom is -0.481 e. The Balaban J connectivity index is 0. The number of carboxylic acids is 1. The van der Waals surface area contributed by atoms with Crippen LogP contribution in [0.5, 0.6) is 0 Å². The van der Waals surface area contributed by atoms with Crippen molar-refractivity contribution in [2.24, 2.45) is 0 Å². The average Bonchev–Trinajstić information content (AvgIpc) is 2.60. The number of hydrogen-bond acceptors (Lipinski definition) is 2. The lowest BCUT2D eigenvalue weighted by Crippen LogP contribution is -2.15. The fourth-order valence-corrected chi connectivity index (χ4v) is 3.10. The second kappa shape index (κ2) is 26.7. The Morgan fingerprint density at radius 3 is 1.19 bits per heavy atom. The Bertz CT molecular complexity index is 233. The van der Waals surface area contributed by atoms with Crippen molar-refractivity contribution in [3.8, 4) is 0 Å². The number of aliphatic carboxylic acids is 1. The third-order valence-corrected chi connectivity index (χ3v) is 4.63. The Morgan fingerprint density at radius 1 is 0.577 bits per heavy atom. The van der Waals surface area contributed by atoms with Crippen LogP contribution in [0.15, 0.2) is 0 Å². The number of hydrogen-bond donors (Lipinski definition) is 2. The maximum Gasteiger partial charge on any atom is 0.300 e. The van der Waals surface area contributed by atoms with Crippen molar-refractivity contribution in [2.75, 3.05) is 13.1 Å². The Kier molecular flexibility index (Phi) is 28.3. The van der Waals surface area contributed by atoms with Gasteiger partial charge in [-0.1, -0.05) is 110 Å². The minimum atomic E-state index is -0.833. The van der Waals surface area contributed by atoms with Gasteiger partial charge in [-0.05, 0) is 25.9 Å². The molecule has 0 aromatic rings. The fourth-order valence-electron chi connectivity index (χ4n) is 3.10. The quantitative estimate of drug-likeness (QED) is 0.233. The standard InChI is InChI=1S/C21H45N.C2H4O2/c1-3-5-6-7-8-9-10-11-12-13-14-15-16-17-18-19-21-22-20-4-2;1-2(3)4/h22H,3-21H2,1-2H3;1H3,(H,3,4). The van der Waals surface area contributed by atoms with Crippen LogP contribution in [0.25, 0.3) is 0 Å². The number of nitrogens with one attached hydrogen (secondary N) is 1. The predicted octanol–water partition coefficient (Wildman–Crippen LogP) is 7.34. The second-order valence-electron chi connectivity index (χ2n) is 7.57. The first kappa shape index (κ1) is 27.6. The summed E-state index contributed by atoms with van der Waals surface area (Å²) in [6.07, 6.45) is 24.6. The topological polar surface area (TPSA) is 49.3 Å². The van der Waals surface area contributed by atoms with Gasteiger partial charge in [0.2, 0.25) is 0 Å². The molecule has 0 radical (unpaired) electrons. The van der Waals surface area contributed by atoms with Crippen LogP contribution < -0.4 is 5.32 Å². The zero-order valence-electron chi connectivity index (χ0n) is 18.3. The van der Waals surface area contributed by atoms with Gasteiger partial charge in [-0.3, -0.25) is 4.79 Å². The number of rotatable bonds is 19. The largest absolute Gasteiger partial charge is 0.481 e. The number of carboxylic acid groups (broad SMARTS) is 1. The van der Waals surface area contributed by atoms with Gasteiger partial charge in [0.1, 0.15) is 0 Å². The highest BCUT2D eigenvalue weighted by atomic mass is 16.4. The van der Waals surface area contributed by atoms with Gasteiger partial charge in [0, 0.05) is 6.92 Å². The maximum absolute atomic E-state index is 9.00. The lowest BCUT2D eigenvalue weighted by Gasteiger charge is -2.04. The fraction of sp³-hybridized carbons (Fsp3) is 0.957. The lowest BCUT2D eigenvalue weighted by atomic mass is 10.0. The van der Waals surface area contributed by atoms with Crippen molar-refractivity contribution < 1.29 is 9.90 Å². The van der Waals surface area contributed by atoms with E-state index in [-0.39, 0.29) is 0 Å². The third-order valence-electron chi connectivity index (χ3n) is 4.63. The number of unbranched alkanes of at least 4 members (excludes halogenated alkanes) is 15. The van der Waals surface area contributed by atoms with Crippen LogP contribution in [0.1, 0.15) is 130 Å². The molecule has 26 heavy (non-hydrogen) atoms. The summed E-state index contributed by atoms with van der Waals surface area (Å²) < 4.78 is 0. The smallest absolute Gasteiger partial charge is 0.300 e. The molecule has 0 fully saturated rings. The monoisotopic (exact) mass is 371 g/mol. The summed E-state index contributed by atoms with van der Waals surface area (Å²) in [5, 5.41) is 10.9. The van der Waals surface area contributed by atoms with E-state index in [2.05, 4.69) is 19.2 Å². The first-order chi connectivity index (χ1) is 12.6. The van der Waals surface area contributed by atoms with Crippen LogP contribution in [-0.4, -0.2) is 24.2 Å². The second-order valence-corrected chi connectivity index (χ2v) is 7.57. The van der Waals surface area contributed by atoms with Gasteiger partial charge in [0.05, 0.1) is 0 Å². The summed E-state index contributed by atoms with van der Waals surface area (Å²) >= 11 is 0. The molecule has 0 aliphatic rings. The molecule has 0 saturated carbocycles. The van der Waals surface area contributed by atoms with E-state index < -0.39 is 5.97 Å². The van der Waals surface area contributed by atoms with Crippen LogP contribution >= 0.6 is 0 Å². The molecule has 0 aromatic heterocycles. The highest BCUT2D eigenvalue weighted by Gasteiger charge is 1.94. The van der Waals surface area contributed by atoms with Gasteiger partial charge >= 0.3 is 0 Å². The van der Waals surface area contributed by atoms with Gasteiger partial charge in [0.15, 0.2) is 0 Å². The van der Waals surface area contributed by atoms with E-state index in [0.29, 0.717) is 0 Å². The molecule has 0 aliphatic heterocycles. The van der Waals surface area contributed by atoms with Crippen molar-refractivity contribution in [3.63, 3.8) is 0 Å². The molecule has 0 heterocycles.